The molecule has 0 amide bonds. The fraction of sp³-hybridized carbons (Fsp3) is 0.250. The van der Waals surface area contributed by atoms with E-state index < -0.39 is 0 Å². The van der Waals surface area contributed by atoms with Crippen molar-refractivity contribution in [3.8, 4) is 28.0 Å². The molecule has 0 spiro atoms. The summed E-state index contributed by atoms with van der Waals surface area (Å²) in [6.45, 7) is 11.3. The maximum absolute atomic E-state index is 6.04. The van der Waals surface area contributed by atoms with Crippen LogP contribution in [0.1, 0.15) is 29.2 Å². The molecule has 0 aromatic heterocycles. The van der Waals surface area contributed by atoms with Gasteiger partial charge in [-0.15, -0.1) is 0 Å². The molecule has 0 saturated carbocycles. The zero-order chi connectivity index (χ0) is 18.0. The molecular formula is C24H26O. The van der Waals surface area contributed by atoms with Crippen LogP contribution in [0.2, 0.25) is 0 Å². The Hall–Kier alpha value is -2.54. The Morgan fingerprint density at radius 1 is 0.680 bits per heavy atom. The predicted molar refractivity (Wildman–Crippen MR) is 107 cm³/mol. The maximum atomic E-state index is 6.04. The molecule has 0 saturated heterocycles. The highest BCUT2D eigenvalue weighted by Crippen LogP contribution is 2.40. The molecule has 0 aliphatic carbocycles. The Bertz CT molecular complexity index is 871. The van der Waals surface area contributed by atoms with Gasteiger partial charge in [-0.05, 0) is 68.5 Å². The van der Waals surface area contributed by atoms with Gasteiger partial charge >= 0.3 is 0 Å². The summed E-state index contributed by atoms with van der Waals surface area (Å²) in [5.41, 5.74) is 10.0. The van der Waals surface area contributed by atoms with Gasteiger partial charge in [0.15, 0.2) is 0 Å². The summed E-state index contributed by atoms with van der Waals surface area (Å²) in [5.74, 6) is 0.963. The van der Waals surface area contributed by atoms with E-state index in [0.29, 0.717) is 6.61 Å². The number of benzene rings is 3. The largest absolute Gasteiger partial charge is 0.493 e. The second kappa shape index (κ2) is 7.14. The van der Waals surface area contributed by atoms with Crippen LogP contribution in [0.3, 0.4) is 0 Å². The summed E-state index contributed by atoms with van der Waals surface area (Å²) in [5, 5.41) is 0. The molecule has 0 N–H and O–H groups in total. The first-order valence-electron chi connectivity index (χ1n) is 8.92. The van der Waals surface area contributed by atoms with Gasteiger partial charge in [0.2, 0.25) is 0 Å². The van der Waals surface area contributed by atoms with Crippen LogP contribution in [0.4, 0.5) is 0 Å². The lowest BCUT2D eigenvalue weighted by atomic mass is 9.89. The summed E-state index contributed by atoms with van der Waals surface area (Å²) in [6, 6.07) is 19.6. The number of ether oxygens (including phenoxy) is 1. The van der Waals surface area contributed by atoms with E-state index in [9.17, 15) is 0 Å². The van der Waals surface area contributed by atoms with E-state index >= 15 is 0 Å². The molecule has 0 heterocycles. The second-order valence-electron chi connectivity index (χ2n) is 6.71. The maximum Gasteiger partial charge on any atom is 0.127 e. The number of rotatable bonds is 4. The van der Waals surface area contributed by atoms with Crippen molar-refractivity contribution < 1.29 is 4.74 Å². The minimum absolute atomic E-state index is 0.661. The molecule has 0 fully saturated rings. The van der Waals surface area contributed by atoms with E-state index in [1.165, 1.54) is 44.5 Å². The summed E-state index contributed by atoms with van der Waals surface area (Å²) in [6.07, 6.45) is 0. The van der Waals surface area contributed by atoms with Crippen LogP contribution >= 0.6 is 0 Å². The van der Waals surface area contributed by atoms with Crippen molar-refractivity contribution in [3.05, 3.63) is 76.9 Å². The number of hydrogen-bond acceptors (Lipinski definition) is 1. The van der Waals surface area contributed by atoms with Crippen molar-refractivity contribution >= 4 is 0 Å². The third-order valence-electron chi connectivity index (χ3n) is 4.87. The lowest BCUT2D eigenvalue weighted by Crippen LogP contribution is -2.00. The first-order valence-corrected chi connectivity index (χ1v) is 8.92. The molecule has 3 rings (SSSR count). The van der Waals surface area contributed by atoms with Gasteiger partial charge in [0.1, 0.15) is 5.75 Å². The van der Waals surface area contributed by atoms with E-state index in [1.54, 1.807) is 0 Å². The monoisotopic (exact) mass is 330 g/mol. The molecule has 0 aliphatic heterocycles. The van der Waals surface area contributed by atoms with Gasteiger partial charge < -0.3 is 4.74 Å². The lowest BCUT2D eigenvalue weighted by Gasteiger charge is -2.19. The molecular weight excluding hydrogens is 304 g/mol. The predicted octanol–water partition coefficient (Wildman–Crippen LogP) is 6.65. The Kier molecular flexibility index (Phi) is 4.94. The molecule has 25 heavy (non-hydrogen) atoms. The minimum atomic E-state index is 0.661. The van der Waals surface area contributed by atoms with E-state index in [2.05, 4.69) is 82.3 Å². The van der Waals surface area contributed by atoms with Gasteiger partial charge in [-0.2, -0.15) is 0 Å². The van der Waals surface area contributed by atoms with Crippen LogP contribution in [0.25, 0.3) is 22.3 Å². The topological polar surface area (TPSA) is 9.23 Å². The molecule has 0 bridgehead atoms. The van der Waals surface area contributed by atoms with Crippen molar-refractivity contribution in [2.45, 2.75) is 34.6 Å². The fourth-order valence-electron chi connectivity index (χ4n) is 3.27. The fourth-order valence-corrected chi connectivity index (χ4v) is 3.27. The van der Waals surface area contributed by atoms with Crippen molar-refractivity contribution in [3.63, 3.8) is 0 Å². The zero-order valence-corrected chi connectivity index (χ0v) is 15.8. The molecule has 128 valence electrons. The molecule has 1 heteroatoms. The Balaban J connectivity index is 2.21. The van der Waals surface area contributed by atoms with E-state index in [1.807, 2.05) is 6.92 Å². The highest BCUT2D eigenvalue weighted by atomic mass is 16.5. The zero-order valence-electron chi connectivity index (χ0n) is 15.8. The Morgan fingerprint density at radius 3 is 1.72 bits per heavy atom. The average molecular weight is 330 g/mol. The summed E-state index contributed by atoms with van der Waals surface area (Å²) >= 11 is 0. The normalized spacial score (nSPS) is 10.8. The number of hydrogen-bond donors (Lipinski definition) is 0. The average Bonchev–Trinajstić information content (AvgIpc) is 2.60. The van der Waals surface area contributed by atoms with Gasteiger partial charge in [-0.1, -0.05) is 59.7 Å². The standard InChI is InChI=1S/C24H26O/c1-6-25-23-15-22(20-11-7-16(2)8-12-20)18(4)19(5)24(23)21-13-9-17(3)10-14-21/h7-15H,6H2,1-5H3. The van der Waals surface area contributed by atoms with Gasteiger partial charge in [0.05, 0.1) is 6.61 Å². The molecule has 1 nitrogen and oxygen atoms in total. The lowest BCUT2D eigenvalue weighted by molar-refractivity contribution is 0.341. The van der Waals surface area contributed by atoms with Crippen LogP contribution in [0.15, 0.2) is 54.6 Å². The first-order chi connectivity index (χ1) is 12.0. The summed E-state index contributed by atoms with van der Waals surface area (Å²) in [7, 11) is 0. The number of aryl methyl sites for hydroxylation is 2. The Labute approximate surface area is 151 Å². The van der Waals surface area contributed by atoms with Gasteiger partial charge in [0.25, 0.3) is 0 Å². The third kappa shape index (κ3) is 3.46. The van der Waals surface area contributed by atoms with E-state index in [-0.39, 0.29) is 0 Å². The molecule has 0 unspecified atom stereocenters. The van der Waals surface area contributed by atoms with Crippen LogP contribution in [0, 0.1) is 27.7 Å². The van der Waals surface area contributed by atoms with Crippen molar-refractivity contribution in [1.82, 2.24) is 0 Å². The van der Waals surface area contributed by atoms with Gasteiger partial charge in [0, 0.05) is 5.56 Å². The SMILES string of the molecule is CCOc1cc(-c2ccc(C)cc2)c(C)c(C)c1-c1ccc(C)cc1. The molecule has 0 radical (unpaired) electrons. The van der Waals surface area contributed by atoms with Crippen molar-refractivity contribution in [2.24, 2.45) is 0 Å². The van der Waals surface area contributed by atoms with E-state index in [0.717, 1.165) is 5.75 Å². The van der Waals surface area contributed by atoms with E-state index in [4.69, 9.17) is 4.74 Å². The molecule has 0 atom stereocenters. The Morgan fingerprint density at radius 2 is 1.20 bits per heavy atom. The van der Waals surface area contributed by atoms with Crippen LogP contribution < -0.4 is 4.74 Å². The summed E-state index contributed by atoms with van der Waals surface area (Å²) < 4.78 is 6.04. The van der Waals surface area contributed by atoms with Crippen LogP contribution in [0.5, 0.6) is 5.75 Å². The quantitative estimate of drug-likeness (QED) is 0.520. The van der Waals surface area contributed by atoms with Crippen LogP contribution in [-0.2, 0) is 0 Å². The third-order valence-corrected chi connectivity index (χ3v) is 4.87. The first kappa shape index (κ1) is 17.3. The summed E-state index contributed by atoms with van der Waals surface area (Å²) in [4.78, 5) is 0. The second-order valence-corrected chi connectivity index (χ2v) is 6.71. The van der Waals surface area contributed by atoms with Crippen molar-refractivity contribution in [2.75, 3.05) is 6.61 Å². The molecule has 3 aromatic rings. The molecule has 0 aliphatic rings. The van der Waals surface area contributed by atoms with Crippen molar-refractivity contribution in [1.29, 1.82) is 0 Å². The highest BCUT2D eigenvalue weighted by molar-refractivity contribution is 5.82. The minimum Gasteiger partial charge on any atom is -0.493 e. The smallest absolute Gasteiger partial charge is 0.127 e. The van der Waals surface area contributed by atoms with Crippen LogP contribution in [-0.4, -0.2) is 6.61 Å². The molecule has 3 aromatic carbocycles. The van der Waals surface area contributed by atoms with Gasteiger partial charge in [-0.3, -0.25) is 0 Å². The van der Waals surface area contributed by atoms with Gasteiger partial charge in [-0.25, -0.2) is 0 Å². The highest BCUT2D eigenvalue weighted by Gasteiger charge is 2.16.